The standard InChI is InChI=1S/C22H29N3O2.C2H6/c1-5-11-24-12-6-7-18(15-24)22(26)25-16-17(10-13-23(2)3)20-9-8-19(27-4)14-21(20)25;1-2/h6,8-9,12,14-16H,5,7,10-11,13H2,1-4H3;1-2H3. The summed E-state index contributed by atoms with van der Waals surface area (Å²) in [6.45, 7) is 8.00. The van der Waals surface area contributed by atoms with Crippen LogP contribution >= 0.6 is 0 Å². The molecule has 5 heteroatoms. The van der Waals surface area contributed by atoms with Crippen molar-refractivity contribution in [3.63, 3.8) is 0 Å². The highest BCUT2D eigenvalue weighted by Gasteiger charge is 2.19. The van der Waals surface area contributed by atoms with E-state index in [1.165, 1.54) is 5.56 Å². The molecule has 29 heavy (non-hydrogen) atoms. The Morgan fingerprint density at radius 2 is 2.00 bits per heavy atom. The van der Waals surface area contributed by atoms with Gasteiger partial charge in [0.15, 0.2) is 0 Å². The molecule has 0 bridgehead atoms. The molecule has 0 amide bonds. The number of hydrogen-bond donors (Lipinski definition) is 0. The van der Waals surface area contributed by atoms with Crippen LogP contribution in [0, 0.1) is 0 Å². The van der Waals surface area contributed by atoms with E-state index in [-0.39, 0.29) is 5.91 Å². The van der Waals surface area contributed by atoms with Gasteiger partial charge in [0, 0.05) is 42.5 Å². The van der Waals surface area contributed by atoms with Crippen LogP contribution in [-0.2, 0) is 6.42 Å². The van der Waals surface area contributed by atoms with Crippen LogP contribution in [0.1, 0.15) is 44.0 Å². The van der Waals surface area contributed by atoms with Crippen LogP contribution in [0.15, 0.2) is 48.4 Å². The van der Waals surface area contributed by atoms with E-state index < -0.39 is 0 Å². The third kappa shape index (κ3) is 5.51. The second kappa shape index (κ2) is 10.9. The van der Waals surface area contributed by atoms with Crippen molar-refractivity contribution in [1.82, 2.24) is 14.4 Å². The molecule has 2 aromatic rings. The molecule has 1 aromatic heterocycles. The summed E-state index contributed by atoms with van der Waals surface area (Å²) in [5, 5.41) is 1.11. The number of fused-ring (bicyclic) bond motifs is 1. The maximum Gasteiger partial charge on any atom is 0.260 e. The Morgan fingerprint density at radius 1 is 1.24 bits per heavy atom. The predicted octanol–water partition coefficient (Wildman–Crippen LogP) is 4.93. The summed E-state index contributed by atoms with van der Waals surface area (Å²) in [5.74, 6) is 0.800. The SMILES string of the molecule is CC.CCCN1C=CCC(C(=O)n2cc(CCN(C)C)c3ccc(OC)cc32)=C1. The summed E-state index contributed by atoms with van der Waals surface area (Å²) in [4.78, 5) is 17.5. The Morgan fingerprint density at radius 3 is 2.66 bits per heavy atom. The van der Waals surface area contributed by atoms with E-state index in [1.807, 2.05) is 38.4 Å². The third-order valence-electron chi connectivity index (χ3n) is 4.86. The van der Waals surface area contributed by atoms with E-state index in [0.717, 1.165) is 48.2 Å². The highest BCUT2D eigenvalue weighted by Crippen LogP contribution is 2.28. The summed E-state index contributed by atoms with van der Waals surface area (Å²) in [6.07, 6.45) is 10.7. The number of aromatic nitrogens is 1. The van der Waals surface area contributed by atoms with Gasteiger partial charge in [-0.3, -0.25) is 9.36 Å². The average molecular weight is 398 g/mol. The molecule has 2 heterocycles. The lowest BCUT2D eigenvalue weighted by Gasteiger charge is -2.20. The van der Waals surface area contributed by atoms with E-state index in [9.17, 15) is 4.79 Å². The van der Waals surface area contributed by atoms with Crippen LogP contribution in [0.3, 0.4) is 0 Å². The van der Waals surface area contributed by atoms with E-state index in [0.29, 0.717) is 6.42 Å². The molecule has 0 radical (unpaired) electrons. The van der Waals surface area contributed by atoms with Crippen LogP contribution in [0.25, 0.3) is 10.9 Å². The Labute approximate surface area is 175 Å². The third-order valence-corrected chi connectivity index (χ3v) is 4.86. The number of carbonyl (C=O) groups is 1. The first-order valence-corrected chi connectivity index (χ1v) is 10.5. The quantitative estimate of drug-likeness (QED) is 0.664. The average Bonchev–Trinajstić information content (AvgIpc) is 3.11. The zero-order valence-electron chi connectivity index (χ0n) is 18.7. The highest BCUT2D eigenvalue weighted by atomic mass is 16.5. The Kier molecular flexibility index (Phi) is 8.52. The fourth-order valence-electron chi connectivity index (χ4n) is 3.42. The minimum absolute atomic E-state index is 0.0369. The van der Waals surface area contributed by atoms with Crippen LogP contribution in [0.4, 0.5) is 0 Å². The monoisotopic (exact) mass is 397 g/mol. The number of hydrogen-bond acceptors (Lipinski definition) is 4. The number of allylic oxidation sites excluding steroid dienone is 2. The summed E-state index contributed by atoms with van der Waals surface area (Å²) in [7, 11) is 5.78. The molecule has 0 saturated carbocycles. The molecule has 0 unspecified atom stereocenters. The van der Waals surface area contributed by atoms with Gasteiger partial charge in [0.1, 0.15) is 5.75 Å². The van der Waals surface area contributed by atoms with Crippen molar-refractivity contribution in [2.75, 3.05) is 34.3 Å². The van der Waals surface area contributed by atoms with Crippen molar-refractivity contribution in [3.05, 3.63) is 54.0 Å². The molecule has 1 aliphatic heterocycles. The normalized spacial score (nSPS) is 13.3. The van der Waals surface area contributed by atoms with Crippen LogP contribution in [0.2, 0.25) is 0 Å². The minimum Gasteiger partial charge on any atom is -0.497 e. The summed E-state index contributed by atoms with van der Waals surface area (Å²) < 4.78 is 7.18. The van der Waals surface area contributed by atoms with Gasteiger partial charge >= 0.3 is 0 Å². The second-order valence-corrected chi connectivity index (χ2v) is 7.25. The van der Waals surface area contributed by atoms with Crippen molar-refractivity contribution in [2.24, 2.45) is 0 Å². The number of nitrogens with zero attached hydrogens (tertiary/aromatic N) is 3. The summed E-state index contributed by atoms with van der Waals surface area (Å²) in [5.41, 5.74) is 2.91. The van der Waals surface area contributed by atoms with Crippen molar-refractivity contribution in [1.29, 1.82) is 0 Å². The topological polar surface area (TPSA) is 37.7 Å². The molecule has 158 valence electrons. The summed E-state index contributed by atoms with van der Waals surface area (Å²) >= 11 is 0. The van der Waals surface area contributed by atoms with Gasteiger partial charge in [0.2, 0.25) is 0 Å². The molecule has 0 saturated heterocycles. The maximum atomic E-state index is 13.3. The predicted molar refractivity (Wildman–Crippen MR) is 122 cm³/mol. The molecule has 0 aliphatic carbocycles. The number of carbonyl (C=O) groups excluding carboxylic acids is 1. The van der Waals surface area contributed by atoms with Gasteiger partial charge in [-0.05, 0) is 57.3 Å². The van der Waals surface area contributed by atoms with Crippen molar-refractivity contribution < 1.29 is 9.53 Å². The molecule has 0 fully saturated rings. The lowest BCUT2D eigenvalue weighted by Crippen LogP contribution is -2.20. The van der Waals surface area contributed by atoms with E-state index >= 15 is 0 Å². The zero-order chi connectivity index (χ0) is 21.4. The Balaban J connectivity index is 0.00000145. The molecule has 3 rings (SSSR count). The number of ether oxygens (including phenoxy) is 1. The molecule has 1 aliphatic rings. The molecule has 0 atom stereocenters. The number of methoxy groups -OCH3 is 1. The lowest BCUT2D eigenvalue weighted by molar-refractivity contribution is 0.0955. The van der Waals surface area contributed by atoms with Crippen LogP contribution in [-0.4, -0.2) is 54.6 Å². The van der Waals surface area contributed by atoms with Gasteiger partial charge in [0.05, 0.1) is 12.6 Å². The van der Waals surface area contributed by atoms with Gasteiger partial charge in [-0.15, -0.1) is 0 Å². The van der Waals surface area contributed by atoms with Crippen molar-refractivity contribution >= 4 is 16.8 Å². The summed E-state index contributed by atoms with van der Waals surface area (Å²) in [6, 6.07) is 5.97. The molecule has 0 N–H and O–H groups in total. The molecular formula is C24H35N3O2. The van der Waals surface area contributed by atoms with Gasteiger partial charge in [-0.1, -0.05) is 26.8 Å². The van der Waals surface area contributed by atoms with Gasteiger partial charge in [-0.25, -0.2) is 0 Å². The van der Waals surface area contributed by atoms with Crippen LogP contribution < -0.4 is 4.74 Å². The van der Waals surface area contributed by atoms with Gasteiger partial charge in [-0.2, -0.15) is 0 Å². The molecule has 1 aromatic carbocycles. The van der Waals surface area contributed by atoms with Gasteiger partial charge in [0.25, 0.3) is 5.91 Å². The highest BCUT2D eigenvalue weighted by molar-refractivity contribution is 6.03. The smallest absolute Gasteiger partial charge is 0.260 e. The molecule has 0 spiro atoms. The van der Waals surface area contributed by atoms with Crippen molar-refractivity contribution in [3.8, 4) is 5.75 Å². The minimum atomic E-state index is 0.0369. The van der Waals surface area contributed by atoms with E-state index in [1.54, 1.807) is 11.7 Å². The van der Waals surface area contributed by atoms with Crippen LogP contribution in [0.5, 0.6) is 5.75 Å². The fraction of sp³-hybridized carbons (Fsp3) is 0.458. The molecule has 5 nitrogen and oxygen atoms in total. The maximum absolute atomic E-state index is 13.3. The van der Waals surface area contributed by atoms with E-state index in [2.05, 4.69) is 49.2 Å². The number of benzene rings is 1. The van der Waals surface area contributed by atoms with E-state index in [4.69, 9.17) is 4.74 Å². The first-order valence-electron chi connectivity index (χ1n) is 10.5. The second-order valence-electron chi connectivity index (χ2n) is 7.25. The fourth-order valence-corrected chi connectivity index (χ4v) is 3.42. The largest absolute Gasteiger partial charge is 0.497 e. The zero-order valence-corrected chi connectivity index (χ0v) is 18.7. The lowest BCUT2D eigenvalue weighted by atomic mass is 10.1. The number of likely N-dealkylation sites (N-methyl/N-ethyl adjacent to an activating group) is 1. The first-order chi connectivity index (χ1) is 14.0. The van der Waals surface area contributed by atoms with Gasteiger partial charge < -0.3 is 14.5 Å². The number of rotatable bonds is 7. The van der Waals surface area contributed by atoms with Crippen molar-refractivity contribution in [2.45, 2.75) is 40.0 Å². The first kappa shape index (κ1) is 22.8. The Hall–Kier alpha value is -2.53. The molecular weight excluding hydrogens is 362 g/mol. The Bertz CT molecular complexity index is 878.